The Kier molecular flexibility index (Phi) is 2.40. The topological polar surface area (TPSA) is 30.7 Å². The van der Waals surface area contributed by atoms with Crippen LogP contribution in [0.2, 0.25) is 5.02 Å². The fourth-order valence-corrected chi connectivity index (χ4v) is 2.09. The maximum atomic E-state index is 5.96. The number of aromatic nitrogens is 3. The standard InChI is InChI=1S/C12H12ClN3/c13-10-3-1-2-9(6-10)7-12-15-14-8-16(12)11-4-5-11/h1-3,6,8,11H,4-5,7H2. The number of hydrogen-bond acceptors (Lipinski definition) is 2. The van der Waals surface area contributed by atoms with Crippen LogP contribution in [-0.4, -0.2) is 14.8 Å². The van der Waals surface area contributed by atoms with Gasteiger partial charge in [-0.2, -0.15) is 0 Å². The van der Waals surface area contributed by atoms with Gasteiger partial charge in [-0.15, -0.1) is 10.2 Å². The van der Waals surface area contributed by atoms with Gasteiger partial charge in [0.05, 0.1) is 0 Å². The smallest absolute Gasteiger partial charge is 0.137 e. The van der Waals surface area contributed by atoms with E-state index in [0.29, 0.717) is 6.04 Å². The molecule has 0 spiro atoms. The zero-order valence-corrected chi connectivity index (χ0v) is 9.56. The van der Waals surface area contributed by atoms with Crippen molar-refractivity contribution in [2.45, 2.75) is 25.3 Å². The van der Waals surface area contributed by atoms with E-state index in [1.54, 1.807) is 0 Å². The Morgan fingerprint density at radius 3 is 3.00 bits per heavy atom. The molecule has 1 aromatic heterocycles. The summed E-state index contributed by atoms with van der Waals surface area (Å²) in [6.07, 6.45) is 5.13. The van der Waals surface area contributed by atoms with Gasteiger partial charge in [-0.25, -0.2) is 0 Å². The van der Waals surface area contributed by atoms with Crippen molar-refractivity contribution in [1.82, 2.24) is 14.8 Å². The van der Waals surface area contributed by atoms with E-state index in [2.05, 4.69) is 20.8 Å². The van der Waals surface area contributed by atoms with Crippen molar-refractivity contribution < 1.29 is 0 Å². The van der Waals surface area contributed by atoms with Gasteiger partial charge in [-0.1, -0.05) is 23.7 Å². The van der Waals surface area contributed by atoms with Crippen LogP contribution in [0.5, 0.6) is 0 Å². The molecule has 16 heavy (non-hydrogen) atoms. The Morgan fingerprint density at radius 2 is 2.25 bits per heavy atom. The van der Waals surface area contributed by atoms with Gasteiger partial charge in [-0.05, 0) is 30.5 Å². The maximum Gasteiger partial charge on any atom is 0.137 e. The van der Waals surface area contributed by atoms with Crippen LogP contribution in [0.4, 0.5) is 0 Å². The van der Waals surface area contributed by atoms with Crippen LogP contribution >= 0.6 is 11.6 Å². The van der Waals surface area contributed by atoms with E-state index in [1.165, 1.54) is 18.4 Å². The van der Waals surface area contributed by atoms with Crippen LogP contribution in [0.25, 0.3) is 0 Å². The first-order valence-electron chi connectivity index (χ1n) is 5.46. The Hall–Kier alpha value is -1.35. The molecule has 4 heteroatoms. The average Bonchev–Trinajstić information content (AvgIpc) is 3.00. The third kappa shape index (κ3) is 1.95. The highest BCUT2D eigenvalue weighted by Gasteiger charge is 2.25. The van der Waals surface area contributed by atoms with E-state index in [9.17, 15) is 0 Å². The molecule has 1 fully saturated rings. The number of nitrogens with zero attached hydrogens (tertiary/aromatic N) is 3. The molecule has 3 nitrogen and oxygen atoms in total. The van der Waals surface area contributed by atoms with E-state index in [-0.39, 0.29) is 0 Å². The van der Waals surface area contributed by atoms with E-state index in [0.717, 1.165) is 17.3 Å². The van der Waals surface area contributed by atoms with Crippen molar-refractivity contribution in [2.24, 2.45) is 0 Å². The first-order chi connectivity index (χ1) is 7.83. The van der Waals surface area contributed by atoms with Gasteiger partial charge in [0.15, 0.2) is 0 Å². The Labute approximate surface area is 99.1 Å². The summed E-state index contributed by atoms with van der Waals surface area (Å²) in [7, 11) is 0. The molecule has 2 aromatic rings. The predicted octanol–water partition coefficient (Wildman–Crippen LogP) is 2.86. The van der Waals surface area contributed by atoms with Gasteiger partial charge in [-0.3, -0.25) is 0 Å². The summed E-state index contributed by atoms with van der Waals surface area (Å²) < 4.78 is 2.18. The van der Waals surface area contributed by atoms with E-state index >= 15 is 0 Å². The third-order valence-electron chi connectivity index (χ3n) is 2.84. The largest absolute Gasteiger partial charge is 0.314 e. The molecule has 0 aliphatic heterocycles. The molecule has 1 aliphatic rings. The van der Waals surface area contributed by atoms with Crippen LogP contribution in [0.1, 0.15) is 30.3 Å². The van der Waals surface area contributed by atoms with Crippen LogP contribution < -0.4 is 0 Å². The minimum atomic E-state index is 0.629. The van der Waals surface area contributed by atoms with Crippen molar-refractivity contribution in [3.05, 3.63) is 47.0 Å². The molecular weight excluding hydrogens is 222 g/mol. The molecule has 0 amide bonds. The number of rotatable bonds is 3. The van der Waals surface area contributed by atoms with Crippen molar-refractivity contribution in [3.63, 3.8) is 0 Å². The SMILES string of the molecule is Clc1cccc(Cc2nncn2C2CC2)c1. The van der Waals surface area contributed by atoms with Gasteiger partial charge < -0.3 is 4.57 Å². The quantitative estimate of drug-likeness (QED) is 0.816. The molecule has 0 bridgehead atoms. The second kappa shape index (κ2) is 3.91. The third-order valence-corrected chi connectivity index (χ3v) is 3.07. The zero-order valence-electron chi connectivity index (χ0n) is 8.81. The molecule has 0 atom stereocenters. The summed E-state index contributed by atoms with van der Waals surface area (Å²) in [5.74, 6) is 1.03. The highest BCUT2D eigenvalue weighted by molar-refractivity contribution is 6.30. The minimum Gasteiger partial charge on any atom is -0.314 e. The summed E-state index contributed by atoms with van der Waals surface area (Å²) in [6, 6.07) is 8.53. The summed E-state index contributed by atoms with van der Waals surface area (Å²) in [5.41, 5.74) is 1.18. The van der Waals surface area contributed by atoms with Crippen LogP contribution in [-0.2, 0) is 6.42 Å². The Morgan fingerprint density at radius 1 is 1.38 bits per heavy atom. The summed E-state index contributed by atoms with van der Waals surface area (Å²) in [4.78, 5) is 0. The van der Waals surface area contributed by atoms with Crippen molar-refractivity contribution in [1.29, 1.82) is 0 Å². The van der Waals surface area contributed by atoms with E-state index < -0.39 is 0 Å². The molecule has 3 rings (SSSR count). The van der Waals surface area contributed by atoms with Gasteiger partial charge in [0.25, 0.3) is 0 Å². The molecule has 0 saturated heterocycles. The molecule has 1 aliphatic carbocycles. The van der Waals surface area contributed by atoms with Crippen LogP contribution in [0.15, 0.2) is 30.6 Å². The van der Waals surface area contributed by atoms with Crippen molar-refractivity contribution in [3.8, 4) is 0 Å². The van der Waals surface area contributed by atoms with E-state index in [4.69, 9.17) is 11.6 Å². The molecule has 1 aromatic carbocycles. The number of halogens is 1. The van der Waals surface area contributed by atoms with Crippen LogP contribution in [0, 0.1) is 0 Å². The monoisotopic (exact) mass is 233 g/mol. The highest BCUT2D eigenvalue weighted by atomic mass is 35.5. The second-order valence-corrected chi connectivity index (χ2v) is 4.63. The number of benzene rings is 1. The molecule has 1 saturated carbocycles. The van der Waals surface area contributed by atoms with Gasteiger partial charge >= 0.3 is 0 Å². The molecule has 0 radical (unpaired) electrons. The number of hydrogen-bond donors (Lipinski definition) is 0. The fraction of sp³-hybridized carbons (Fsp3) is 0.333. The van der Waals surface area contributed by atoms with Gasteiger partial charge in [0, 0.05) is 17.5 Å². The minimum absolute atomic E-state index is 0.629. The first kappa shape index (κ1) is 9.85. The summed E-state index contributed by atoms with van der Waals surface area (Å²) >= 11 is 5.96. The lowest BCUT2D eigenvalue weighted by Gasteiger charge is -2.04. The average molecular weight is 234 g/mol. The highest BCUT2D eigenvalue weighted by Crippen LogP contribution is 2.35. The second-order valence-electron chi connectivity index (χ2n) is 4.19. The molecular formula is C12H12ClN3. The molecule has 1 heterocycles. The normalized spacial score (nSPS) is 15.3. The lowest BCUT2D eigenvalue weighted by molar-refractivity contribution is 0.694. The van der Waals surface area contributed by atoms with Crippen molar-refractivity contribution >= 4 is 11.6 Å². The zero-order chi connectivity index (χ0) is 11.0. The first-order valence-corrected chi connectivity index (χ1v) is 5.83. The summed E-state index contributed by atoms with van der Waals surface area (Å²) in [6.45, 7) is 0. The van der Waals surface area contributed by atoms with Crippen LogP contribution in [0.3, 0.4) is 0 Å². The lowest BCUT2D eigenvalue weighted by Crippen LogP contribution is -2.01. The molecule has 0 N–H and O–H groups in total. The van der Waals surface area contributed by atoms with Crippen molar-refractivity contribution in [2.75, 3.05) is 0 Å². The van der Waals surface area contributed by atoms with Gasteiger partial charge in [0.1, 0.15) is 12.2 Å². The fourth-order valence-electron chi connectivity index (χ4n) is 1.88. The molecule has 0 unspecified atom stereocenters. The Balaban J connectivity index is 1.85. The maximum absolute atomic E-state index is 5.96. The predicted molar refractivity (Wildman–Crippen MR) is 62.6 cm³/mol. The molecule has 82 valence electrons. The summed E-state index contributed by atoms with van der Waals surface area (Å²) in [5, 5.41) is 8.93. The van der Waals surface area contributed by atoms with E-state index in [1.807, 2.05) is 24.5 Å². The Bertz CT molecular complexity index is 502. The van der Waals surface area contributed by atoms with Gasteiger partial charge in [0.2, 0.25) is 0 Å². The lowest BCUT2D eigenvalue weighted by atomic mass is 10.1.